The highest BCUT2D eigenvalue weighted by Gasteiger charge is 2.40. The number of Topliss-reactive ketones (excluding diaryl/α,β-unsaturated/α-hetero) is 1. The lowest BCUT2D eigenvalue weighted by Gasteiger charge is -2.32. The van der Waals surface area contributed by atoms with E-state index >= 15 is 0 Å². The molecule has 1 rings (SSSR count). The van der Waals surface area contributed by atoms with Crippen molar-refractivity contribution in [1.82, 2.24) is 5.06 Å². The number of carboxylic acids is 1. The first kappa shape index (κ1) is 24.9. The zero-order valence-electron chi connectivity index (χ0n) is 16.8. The van der Waals surface area contributed by atoms with Gasteiger partial charge in [-0.25, -0.2) is 4.79 Å². The first-order chi connectivity index (χ1) is 13.5. The summed E-state index contributed by atoms with van der Waals surface area (Å²) in [5.41, 5.74) is -5.45. The number of carbonyl (C=O) groups is 2. The number of nitro benzene ring substituents is 1. The Morgan fingerprint density at radius 3 is 2.17 bits per heavy atom. The van der Waals surface area contributed by atoms with Crippen LogP contribution in [0.1, 0.15) is 43.6 Å². The van der Waals surface area contributed by atoms with Crippen LogP contribution in [0.5, 0.6) is 5.75 Å². The Kier molecular flexibility index (Phi) is 7.21. The summed E-state index contributed by atoms with van der Waals surface area (Å²) in [7, 11) is 0.919. The third kappa shape index (κ3) is 5.47. The summed E-state index contributed by atoms with van der Waals surface area (Å²) in [6.07, 6.45) is -4.52. The second-order valence-electron chi connectivity index (χ2n) is 7.42. The molecule has 0 heterocycles. The number of rotatable bonds is 7. The molecule has 0 aliphatic heterocycles. The van der Waals surface area contributed by atoms with E-state index in [0.29, 0.717) is 17.3 Å². The van der Waals surface area contributed by atoms with Crippen molar-refractivity contribution in [2.45, 2.75) is 39.9 Å². The summed E-state index contributed by atoms with van der Waals surface area (Å²) in [6, 6.07) is -0.113. The van der Waals surface area contributed by atoms with E-state index < -0.39 is 62.4 Å². The molecule has 0 spiro atoms. The minimum atomic E-state index is -5.12. The first-order valence-electron chi connectivity index (χ1n) is 8.43. The van der Waals surface area contributed by atoms with Gasteiger partial charge in [-0.15, -0.1) is 0 Å². The van der Waals surface area contributed by atoms with Gasteiger partial charge in [0, 0.05) is 18.3 Å². The SMILES string of the molecule is COc1cc(C(F)(F)F)c([N+](=O)[O-])cc1C(=O)/C(=C\N(O)C(C)C(C)(C)C)C(=O)O. The molecule has 166 valence electrons. The Balaban J connectivity index is 3.66. The molecule has 0 saturated carbocycles. The molecule has 0 saturated heterocycles. The van der Waals surface area contributed by atoms with Crippen molar-refractivity contribution in [3.8, 4) is 5.75 Å². The van der Waals surface area contributed by atoms with Gasteiger partial charge in [0.1, 0.15) is 16.9 Å². The number of halogens is 3. The lowest BCUT2D eigenvalue weighted by Crippen LogP contribution is -2.37. The van der Waals surface area contributed by atoms with Gasteiger partial charge >= 0.3 is 12.1 Å². The highest BCUT2D eigenvalue weighted by atomic mass is 19.4. The molecule has 0 radical (unpaired) electrons. The van der Waals surface area contributed by atoms with Gasteiger partial charge < -0.3 is 9.84 Å². The number of hydroxylamine groups is 2. The van der Waals surface area contributed by atoms with E-state index in [1.165, 1.54) is 0 Å². The third-order valence-electron chi connectivity index (χ3n) is 4.45. The van der Waals surface area contributed by atoms with E-state index in [1.807, 2.05) is 0 Å². The fourth-order valence-corrected chi connectivity index (χ4v) is 2.29. The Hall–Kier alpha value is -3.15. The van der Waals surface area contributed by atoms with Crippen LogP contribution in [0.25, 0.3) is 0 Å². The molecule has 0 aliphatic carbocycles. The van der Waals surface area contributed by atoms with Gasteiger partial charge in [-0.1, -0.05) is 20.8 Å². The maximum atomic E-state index is 13.1. The van der Waals surface area contributed by atoms with Crippen molar-refractivity contribution in [3.05, 3.63) is 45.1 Å². The largest absolute Gasteiger partial charge is 0.496 e. The van der Waals surface area contributed by atoms with Crippen LogP contribution in [0.15, 0.2) is 23.9 Å². The summed E-state index contributed by atoms with van der Waals surface area (Å²) in [6.45, 7) is 6.75. The third-order valence-corrected chi connectivity index (χ3v) is 4.45. The number of ether oxygens (including phenoxy) is 1. The van der Waals surface area contributed by atoms with Gasteiger partial charge in [0.25, 0.3) is 5.69 Å². The highest BCUT2D eigenvalue weighted by molar-refractivity contribution is 6.24. The van der Waals surface area contributed by atoms with Crippen molar-refractivity contribution in [3.63, 3.8) is 0 Å². The van der Waals surface area contributed by atoms with Crippen LogP contribution in [-0.4, -0.2) is 45.2 Å². The van der Waals surface area contributed by atoms with E-state index in [0.717, 1.165) is 7.11 Å². The van der Waals surface area contributed by atoms with Gasteiger partial charge in [0.2, 0.25) is 5.78 Å². The normalized spacial score (nSPS) is 13.6. The summed E-state index contributed by atoms with van der Waals surface area (Å²) < 4.78 is 44.1. The number of nitro groups is 1. The predicted octanol–water partition coefficient (Wildman–Crippen LogP) is 3.90. The summed E-state index contributed by atoms with van der Waals surface area (Å²) >= 11 is 0. The fourth-order valence-electron chi connectivity index (χ4n) is 2.29. The van der Waals surface area contributed by atoms with E-state index in [9.17, 15) is 43.2 Å². The number of carboxylic acid groups (broad SMARTS) is 1. The summed E-state index contributed by atoms with van der Waals surface area (Å²) in [5.74, 6) is -3.89. The van der Waals surface area contributed by atoms with Gasteiger partial charge in [-0.05, 0) is 12.3 Å². The van der Waals surface area contributed by atoms with Crippen molar-refractivity contribution < 1.29 is 42.7 Å². The molecule has 30 heavy (non-hydrogen) atoms. The molecule has 1 aromatic rings. The molecular weight excluding hydrogens is 413 g/mol. The maximum Gasteiger partial charge on any atom is 0.423 e. The van der Waals surface area contributed by atoms with Crippen molar-refractivity contribution in [1.29, 1.82) is 0 Å². The number of nitrogens with zero attached hydrogens (tertiary/aromatic N) is 2. The molecule has 0 fully saturated rings. The average molecular weight is 434 g/mol. The lowest BCUT2D eigenvalue weighted by molar-refractivity contribution is -0.388. The van der Waals surface area contributed by atoms with Gasteiger partial charge in [-0.2, -0.15) is 13.2 Å². The Bertz CT molecular complexity index is 889. The summed E-state index contributed by atoms with van der Waals surface area (Å²) in [4.78, 5) is 34.1. The molecular formula is C18H21F3N2O7. The lowest BCUT2D eigenvalue weighted by atomic mass is 9.88. The minimum Gasteiger partial charge on any atom is -0.496 e. The van der Waals surface area contributed by atoms with Crippen LogP contribution in [-0.2, 0) is 11.0 Å². The molecule has 1 aromatic carbocycles. The molecule has 1 unspecified atom stereocenters. The van der Waals surface area contributed by atoms with E-state index in [2.05, 4.69) is 0 Å². The van der Waals surface area contributed by atoms with Gasteiger partial charge in [0.15, 0.2) is 0 Å². The number of benzene rings is 1. The molecule has 0 aliphatic rings. The number of methoxy groups -OCH3 is 1. The van der Waals surface area contributed by atoms with E-state index in [4.69, 9.17) is 4.74 Å². The predicted molar refractivity (Wildman–Crippen MR) is 97.2 cm³/mol. The second-order valence-corrected chi connectivity index (χ2v) is 7.42. The number of aliphatic carboxylic acids is 1. The maximum absolute atomic E-state index is 13.1. The molecule has 12 heteroatoms. The van der Waals surface area contributed by atoms with Crippen molar-refractivity contribution in [2.75, 3.05) is 7.11 Å². The number of carbonyl (C=O) groups excluding carboxylic acids is 1. The molecule has 0 amide bonds. The Morgan fingerprint density at radius 2 is 1.80 bits per heavy atom. The highest BCUT2D eigenvalue weighted by Crippen LogP contribution is 2.40. The standard InChI is InChI=1S/C18H21F3N2O7/c1-9(17(2,3)4)22(27)8-11(16(25)26)15(24)10-6-13(23(28)29)12(18(19,20)21)7-14(10)30-5/h6-9,27H,1-5H3,(H,25,26)/b11-8+. The monoisotopic (exact) mass is 434 g/mol. The number of hydrogen-bond donors (Lipinski definition) is 2. The van der Waals surface area contributed by atoms with Crippen LogP contribution in [0.3, 0.4) is 0 Å². The molecule has 2 N–H and O–H groups in total. The van der Waals surface area contributed by atoms with Crippen LogP contribution in [0.2, 0.25) is 0 Å². The average Bonchev–Trinajstić information content (AvgIpc) is 2.61. The van der Waals surface area contributed by atoms with Crippen LogP contribution < -0.4 is 4.74 Å². The number of ketones is 1. The number of alkyl halides is 3. The van der Waals surface area contributed by atoms with Crippen LogP contribution >= 0.6 is 0 Å². The van der Waals surface area contributed by atoms with Crippen LogP contribution in [0, 0.1) is 15.5 Å². The minimum absolute atomic E-state index is 0.249. The molecule has 1 atom stereocenters. The van der Waals surface area contributed by atoms with E-state index in [-0.39, 0.29) is 6.07 Å². The van der Waals surface area contributed by atoms with Crippen molar-refractivity contribution >= 4 is 17.4 Å². The number of hydrogen-bond acceptors (Lipinski definition) is 7. The van der Waals surface area contributed by atoms with Gasteiger partial charge in [0.05, 0.1) is 23.6 Å². The smallest absolute Gasteiger partial charge is 0.423 e. The van der Waals surface area contributed by atoms with Gasteiger partial charge in [-0.3, -0.25) is 25.2 Å². The van der Waals surface area contributed by atoms with Crippen LogP contribution in [0.4, 0.5) is 18.9 Å². The zero-order valence-corrected chi connectivity index (χ0v) is 16.8. The Labute approximate surface area is 169 Å². The van der Waals surface area contributed by atoms with E-state index in [1.54, 1.807) is 27.7 Å². The second kappa shape index (κ2) is 8.69. The summed E-state index contributed by atoms with van der Waals surface area (Å²) in [5, 5.41) is 31.1. The fraction of sp³-hybridized carbons (Fsp3) is 0.444. The topological polar surface area (TPSA) is 130 Å². The van der Waals surface area contributed by atoms with Crippen molar-refractivity contribution in [2.24, 2.45) is 5.41 Å². The first-order valence-corrected chi connectivity index (χ1v) is 8.43. The molecule has 0 aromatic heterocycles. The molecule has 0 bridgehead atoms. The molecule has 9 nitrogen and oxygen atoms in total. The Morgan fingerprint density at radius 1 is 1.27 bits per heavy atom. The zero-order chi connectivity index (χ0) is 23.6. The quantitative estimate of drug-likeness (QED) is 0.165.